The summed E-state index contributed by atoms with van der Waals surface area (Å²) in [4.78, 5) is 33.5. The minimum atomic E-state index is -0.311. The number of oxazole rings is 1. The minimum Gasteiger partial charge on any atom is -0.441 e. The van der Waals surface area contributed by atoms with Gasteiger partial charge in [-0.25, -0.2) is 4.98 Å². The molecule has 3 aromatic carbocycles. The number of nitrogens with one attached hydrogen (secondary N) is 2. The molecular formula is C25H20N4O3S. The highest BCUT2D eigenvalue weighted by molar-refractivity contribution is 7.71. The molecule has 2 N–H and O–H groups in total. The molecule has 1 amide bonds. The Balaban J connectivity index is 1.53. The number of aromatic amines is 1. The molecule has 2 aromatic heterocycles. The Morgan fingerprint density at radius 3 is 2.73 bits per heavy atom. The fourth-order valence-electron chi connectivity index (χ4n) is 3.88. The third kappa shape index (κ3) is 3.64. The molecule has 0 atom stereocenters. The fourth-order valence-corrected chi connectivity index (χ4v) is 4.17. The summed E-state index contributed by atoms with van der Waals surface area (Å²) in [5, 5.41) is 3.31. The van der Waals surface area contributed by atoms with Crippen molar-refractivity contribution in [3.63, 3.8) is 0 Å². The van der Waals surface area contributed by atoms with Gasteiger partial charge in [-0.05, 0) is 79.7 Å². The maximum absolute atomic E-state index is 13.3. The summed E-state index contributed by atoms with van der Waals surface area (Å²) in [6, 6.07) is 15.9. The molecule has 2 heterocycles. The van der Waals surface area contributed by atoms with E-state index < -0.39 is 0 Å². The Bertz CT molecular complexity index is 1690. The summed E-state index contributed by atoms with van der Waals surface area (Å²) >= 11 is 5.50. The molecule has 0 saturated heterocycles. The molecule has 33 heavy (non-hydrogen) atoms. The predicted octanol–water partition coefficient (Wildman–Crippen LogP) is 5.37. The molecule has 0 aliphatic rings. The molecule has 0 spiro atoms. The van der Waals surface area contributed by atoms with Gasteiger partial charge in [0.25, 0.3) is 11.5 Å². The van der Waals surface area contributed by atoms with E-state index >= 15 is 0 Å². The zero-order valence-electron chi connectivity index (χ0n) is 18.2. The highest BCUT2D eigenvalue weighted by atomic mass is 32.1. The number of carbonyl (C=O) groups is 1. The van der Waals surface area contributed by atoms with Crippen LogP contribution in [0.15, 0.2) is 63.8 Å². The molecule has 0 aliphatic heterocycles. The van der Waals surface area contributed by atoms with Crippen LogP contribution in [0, 0.1) is 25.5 Å². The van der Waals surface area contributed by atoms with E-state index in [2.05, 4.69) is 15.3 Å². The van der Waals surface area contributed by atoms with E-state index in [1.54, 1.807) is 43.3 Å². The summed E-state index contributed by atoms with van der Waals surface area (Å²) in [6.07, 6.45) is 0. The molecule has 7 nitrogen and oxygen atoms in total. The van der Waals surface area contributed by atoms with Crippen molar-refractivity contribution < 1.29 is 9.21 Å². The molecular weight excluding hydrogens is 436 g/mol. The summed E-state index contributed by atoms with van der Waals surface area (Å²) in [6.45, 7) is 5.72. The average Bonchev–Trinajstić information content (AvgIpc) is 3.15. The quantitative estimate of drug-likeness (QED) is 0.356. The van der Waals surface area contributed by atoms with Crippen LogP contribution in [0.2, 0.25) is 0 Å². The van der Waals surface area contributed by atoms with Crippen LogP contribution in [0.4, 0.5) is 5.69 Å². The maximum Gasteiger partial charge on any atom is 0.266 e. The number of carbonyl (C=O) groups excluding carboxylic acids is 1. The Morgan fingerprint density at radius 2 is 1.91 bits per heavy atom. The Morgan fingerprint density at radius 1 is 1.09 bits per heavy atom. The molecule has 8 heteroatoms. The van der Waals surface area contributed by atoms with Crippen molar-refractivity contribution >= 4 is 45.8 Å². The molecule has 0 aliphatic carbocycles. The number of hydrogen-bond donors (Lipinski definition) is 2. The van der Waals surface area contributed by atoms with Gasteiger partial charge >= 0.3 is 0 Å². The lowest BCUT2D eigenvalue weighted by atomic mass is 10.1. The number of aryl methyl sites for hydroxylation is 2. The minimum absolute atomic E-state index is 0.235. The van der Waals surface area contributed by atoms with E-state index in [0.29, 0.717) is 39.1 Å². The van der Waals surface area contributed by atoms with Gasteiger partial charge in [0.15, 0.2) is 16.2 Å². The summed E-state index contributed by atoms with van der Waals surface area (Å²) in [7, 11) is 0. The Kier molecular flexibility index (Phi) is 4.94. The Labute approximate surface area is 193 Å². The second-order valence-electron chi connectivity index (χ2n) is 7.92. The lowest BCUT2D eigenvalue weighted by Crippen LogP contribution is -2.22. The normalized spacial score (nSPS) is 11.2. The number of aromatic nitrogens is 3. The number of benzene rings is 3. The number of nitrogens with zero attached hydrogens (tertiary/aromatic N) is 2. The van der Waals surface area contributed by atoms with Gasteiger partial charge in [-0.2, -0.15) is 0 Å². The van der Waals surface area contributed by atoms with Crippen molar-refractivity contribution in [3.05, 3.63) is 92.3 Å². The molecule has 0 unspecified atom stereocenters. The molecule has 0 radical (unpaired) electrons. The van der Waals surface area contributed by atoms with Crippen molar-refractivity contribution in [2.75, 3.05) is 5.32 Å². The van der Waals surface area contributed by atoms with E-state index in [-0.39, 0.29) is 16.2 Å². The first kappa shape index (κ1) is 20.8. The van der Waals surface area contributed by atoms with E-state index in [1.807, 2.05) is 32.0 Å². The SMILES string of the molecule is Cc1nc2cc(NC(=O)c3ccc4c(=O)n(-c5cccc(C)c5C)c(=S)[nH]c4c3)ccc2o1. The first-order valence-corrected chi connectivity index (χ1v) is 10.8. The third-order valence-corrected chi connectivity index (χ3v) is 6.01. The van der Waals surface area contributed by atoms with Crippen LogP contribution in [0.1, 0.15) is 27.4 Å². The maximum atomic E-state index is 13.3. The van der Waals surface area contributed by atoms with Crippen LogP contribution in [0.3, 0.4) is 0 Å². The van der Waals surface area contributed by atoms with Gasteiger partial charge in [-0.3, -0.25) is 14.2 Å². The van der Waals surface area contributed by atoms with Crippen LogP contribution in [-0.2, 0) is 0 Å². The van der Waals surface area contributed by atoms with Gasteiger partial charge in [0.05, 0.1) is 16.6 Å². The third-order valence-electron chi connectivity index (χ3n) is 5.73. The van der Waals surface area contributed by atoms with Crippen molar-refractivity contribution in [3.8, 4) is 5.69 Å². The largest absolute Gasteiger partial charge is 0.441 e. The number of hydrogen-bond acceptors (Lipinski definition) is 5. The number of amides is 1. The standard InChI is InChI=1S/C25H20N4O3S/c1-13-5-4-6-21(14(13)2)29-24(31)18-9-7-16(11-19(18)28-25(29)33)23(30)27-17-8-10-22-20(12-17)26-15(3)32-22/h4-12H,1-3H3,(H,27,30)(H,28,33). The van der Waals surface area contributed by atoms with Crippen LogP contribution in [0.5, 0.6) is 0 Å². The van der Waals surface area contributed by atoms with Crippen molar-refractivity contribution in [1.29, 1.82) is 0 Å². The lowest BCUT2D eigenvalue weighted by molar-refractivity contribution is 0.102. The van der Waals surface area contributed by atoms with Crippen molar-refractivity contribution in [2.45, 2.75) is 20.8 Å². The second-order valence-corrected chi connectivity index (χ2v) is 8.31. The smallest absolute Gasteiger partial charge is 0.266 e. The van der Waals surface area contributed by atoms with Crippen molar-refractivity contribution in [2.24, 2.45) is 0 Å². The van der Waals surface area contributed by atoms with Crippen LogP contribution in [0.25, 0.3) is 27.7 Å². The number of rotatable bonds is 3. The number of anilines is 1. The zero-order chi connectivity index (χ0) is 23.3. The molecule has 0 fully saturated rings. The number of H-pyrrole nitrogens is 1. The Hall–Kier alpha value is -4.04. The van der Waals surface area contributed by atoms with Gasteiger partial charge in [-0.1, -0.05) is 12.1 Å². The first-order valence-electron chi connectivity index (χ1n) is 10.4. The van der Waals surface area contributed by atoms with E-state index in [1.165, 1.54) is 4.57 Å². The van der Waals surface area contributed by atoms with Gasteiger partial charge < -0.3 is 14.7 Å². The van der Waals surface area contributed by atoms with Crippen LogP contribution < -0.4 is 10.9 Å². The second kappa shape index (κ2) is 7.83. The topological polar surface area (TPSA) is 92.9 Å². The van der Waals surface area contributed by atoms with E-state index in [4.69, 9.17) is 16.6 Å². The molecule has 0 saturated carbocycles. The van der Waals surface area contributed by atoms with E-state index in [0.717, 1.165) is 16.8 Å². The zero-order valence-corrected chi connectivity index (χ0v) is 19.0. The summed E-state index contributed by atoms with van der Waals surface area (Å²) < 4.78 is 7.23. The van der Waals surface area contributed by atoms with Gasteiger partial charge in [0.1, 0.15) is 5.52 Å². The highest BCUT2D eigenvalue weighted by Crippen LogP contribution is 2.21. The van der Waals surface area contributed by atoms with E-state index in [9.17, 15) is 9.59 Å². The van der Waals surface area contributed by atoms with Crippen LogP contribution in [-0.4, -0.2) is 20.4 Å². The van der Waals surface area contributed by atoms with Gasteiger partial charge in [0, 0.05) is 18.2 Å². The molecule has 0 bridgehead atoms. The van der Waals surface area contributed by atoms with Crippen molar-refractivity contribution in [1.82, 2.24) is 14.5 Å². The van der Waals surface area contributed by atoms with Crippen LogP contribution >= 0.6 is 12.2 Å². The van der Waals surface area contributed by atoms with Gasteiger partial charge in [0.2, 0.25) is 0 Å². The fraction of sp³-hybridized carbons (Fsp3) is 0.120. The lowest BCUT2D eigenvalue weighted by Gasteiger charge is -2.13. The highest BCUT2D eigenvalue weighted by Gasteiger charge is 2.14. The predicted molar refractivity (Wildman–Crippen MR) is 131 cm³/mol. The average molecular weight is 457 g/mol. The number of fused-ring (bicyclic) bond motifs is 2. The van der Waals surface area contributed by atoms with Gasteiger partial charge in [-0.15, -0.1) is 0 Å². The molecule has 164 valence electrons. The summed E-state index contributed by atoms with van der Waals surface area (Å²) in [5.41, 5.74) is 5.37. The summed E-state index contributed by atoms with van der Waals surface area (Å²) in [5.74, 6) is 0.249. The molecule has 5 rings (SSSR count). The molecule has 5 aromatic rings. The first-order chi connectivity index (χ1) is 15.8. The monoisotopic (exact) mass is 456 g/mol.